The van der Waals surface area contributed by atoms with E-state index in [1.165, 1.54) is 12.1 Å². The number of hydrogen-bond acceptors (Lipinski definition) is 5. The molecular weight excluding hydrogens is 349 g/mol. The van der Waals surface area contributed by atoms with Gasteiger partial charge in [-0.2, -0.15) is 18.2 Å². The molecule has 0 fully saturated rings. The molecule has 2 N–H and O–H groups in total. The third-order valence-electron chi connectivity index (χ3n) is 3.72. The average Bonchev–Trinajstić information content (AvgIpc) is 3.11. The summed E-state index contributed by atoms with van der Waals surface area (Å²) in [6.07, 6.45) is -2.77. The Morgan fingerprint density at radius 2 is 1.88 bits per heavy atom. The molecule has 0 bridgehead atoms. The number of alkyl halides is 3. The van der Waals surface area contributed by atoms with E-state index in [0.29, 0.717) is 23.2 Å². The number of amides is 1. The van der Waals surface area contributed by atoms with Crippen molar-refractivity contribution in [2.24, 2.45) is 5.73 Å². The highest BCUT2D eigenvalue weighted by molar-refractivity contribution is 5.82. The minimum absolute atomic E-state index is 0.191. The van der Waals surface area contributed by atoms with Crippen LogP contribution in [0.5, 0.6) is 0 Å². The molecule has 0 aliphatic rings. The first-order valence-corrected chi connectivity index (χ1v) is 7.55. The average molecular weight is 362 g/mol. The fourth-order valence-electron chi connectivity index (χ4n) is 2.43. The highest BCUT2D eigenvalue weighted by atomic mass is 19.4. The smallest absolute Gasteiger partial charge is 0.369 e. The lowest BCUT2D eigenvalue weighted by Gasteiger charge is -2.13. The normalized spacial score (nSPS) is 12.7. The SMILES string of the molecule is NC(=O)C(Cc1ccccn1)c1ccc(-c2noc(C(F)(F)F)n2)cc1. The van der Waals surface area contributed by atoms with Gasteiger partial charge in [0.15, 0.2) is 0 Å². The topological polar surface area (TPSA) is 94.9 Å². The van der Waals surface area contributed by atoms with Gasteiger partial charge in [-0.25, -0.2) is 0 Å². The molecule has 0 aliphatic carbocycles. The third-order valence-corrected chi connectivity index (χ3v) is 3.72. The Morgan fingerprint density at radius 3 is 2.42 bits per heavy atom. The first kappa shape index (κ1) is 17.6. The second kappa shape index (κ2) is 6.95. The Hall–Kier alpha value is -3.23. The lowest BCUT2D eigenvalue weighted by molar-refractivity contribution is -0.159. The Bertz CT molecular complexity index is 892. The molecule has 0 spiro atoms. The van der Waals surface area contributed by atoms with E-state index in [4.69, 9.17) is 5.73 Å². The van der Waals surface area contributed by atoms with E-state index in [9.17, 15) is 18.0 Å². The van der Waals surface area contributed by atoms with E-state index in [-0.39, 0.29) is 5.82 Å². The molecule has 3 rings (SSSR count). The number of hydrogen-bond donors (Lipinski definition) is 1. The Labute approximate surface area is 145 Å². The number of nitrogens with two attached hydrogens (primary N) is 1. The highest BCUT2D eigenvalue weighted by Crippen LogP contribution is 2.30. The summed E-state index contributed by atoms with van der Waals surface area (Å²) < 4.78 is 41.8. The molecule has 26 heavy (non-hydrogen) atoms. The maximum absolute atomic E-state index is 12.5. The maximum atomic E-state index is 12.5. The number of nitrogens with zero attached hydrogens (tertiary/aromatic N) is 3. The lowest BCUT2D eigenvalue weighted by Crippen LogP contribution is -2.23. The molecule has 0 saturated carbocycles. The summed E-state index contributed by atoms with van der Waals surface area (Å²) in [6, 6.07) is 11.6. The van der Waals surface area contributed by atoms with Gasteiger partial charge in [0.2, 0.25) is 11.7 Å². The number of halogens is 3. The molecule has 9 heteroatoms. The van der Waals surface area contributed by atoms with E-state index in [1.807, 2.05) is 0 Å². The van der Waals surface area contributed by atoms with Crippen LogP contribution in [0.25, 0.3) is 11.4 Å². The van der Waals surface area contributed by atoms with Crippen LogP contribution in [0.2, 0.25) is 0 Å². The van der Waals surface area contributed by atoms with Crippen molar-refractivity contribution in [2.75, 3.05) is 0 Å². The van der Waals surface area contributed by atoms with Crippen molar-refractivity contribution >= 4 is 5.91 Å². The highest BCUT2D eigenvalue weighted by Gasteiger charge is 2.38. The standard InChI is InChI=1S/C17H13F3N4O2/c18-17(19,20)16-23-15(24-26-16)11-6-4-10(5-7-11)13(14(21)25)9-12-3-1-2-8-22-12/h1-8,13H,9H2,(H2,21,25). The predicted octanol–water partition coefficient (Wildman–Crippen LogP) is 2.96. The van der Waals surface area contributed by atoms with E-state index in [1.54, 1.807) is 36.5 Å². The van der Waals surface area contributed by atoms with Crippen LogP contribution < -0.4 is 5.73 Å². The molecule has 2 heterocycles. The summed E-state index contributed by atoms with van der Waals surface area (Å²) in [5.74, 6) is -2.75. The molecular formula is C17H13F3N4O2. The molecule has 1 amide bonds. The van der Waals surface area contributed by atoms with Gasteiger partial charge in [-0.05, 0) is 17.7 Å². The van der Waals surface area contributed by atoms with Gasteiger partial charge in [-0.15, -0.1) is 0 Å². The number of carbonyl (C=O) groups excluding carboxylic acids is 1. The summed E-state index contributed by atoms with van der Waals surface area (Å²) in [5.41, 5.74) is 7.13. The molecule has 0 radical (unpaired) electrons. The quantitative estimate of drug-likeness (QED) is 0.753. The molecule has 0 aliphatic heterocycles. The van der Waals surface area contributed by atoms with Crippen LogP contribution >= 0.6 is 0 Å². The van der Waals surface area contributed by atoms with Crippen molar-refractivity contribution in [3.63, 3.8) is 0 Å². The van der Waals surface area contributed by atoms with Crippen molar-refractivity contribution in [3.8, 4) is 11.4 Å². The summed E-state index contributed by atoms with van der Waals surface area (Å²) in [4.78, 5) is 19.3. The fraction of sp³-hybridized carbons (Fsp3) is 0.176. The molecule has 0 saturated heterocycles. The summed E-state index contributed by atoms with van der Waals surface area (Å²) in [7, 11) is 0. The molecule has 134 valence electrons. The minimum Gasteiger partial charge on any atom is -0.369 e. The molecule has 6 nitrogen and oxygen atoms in total. The lowest BCUT2D eigenvalue weighted by atomic mass is 9.92. The largest absolute Gasteiger partial charge is 0.471 e. The zero-order valence-corrected chi connectivity index (χ0v) is 13.3. The Morgan fingerprint density at radius 1 is 1.15 bits per heavy atom. The number of rotatable bonds is 5. The molecule has 3 aromatic rings. The van der Waals surface area contributed by atoms with Crippen LogP contribution in [-0.2, 0) is 17.4 Å². The first-order chi connectivity index (χ1) is 12.3. The van der Waals surface area contributed by atoms with E-state index >= 15 is 0 Å². The Kier molecular flexibility index (Phi) is 4.70. The minimum atomic E-state index is -4.70. The van der Waals surface area contributed by atoms with E-state index in [2.05, 4.69) is 19.6 Å². The van der Waals surface area contributed by atoms with Gasteiger partial charge in [0.05, 0.1) is 5.92 Å². The first-order valence-electron chi connectivity index (χ1n) is 7.55. The monoisotopic (exact) mass is 362 g/mol. The number of benzene rings is 1. The van der Waals surface area contributed by atoms with Gasteiger partial charge < -0.3 is 10.3 Å². The summed E-state index contributed by atoms with van der Waals surface area (Å²) in [6.45, 7) is 0. The van der Waals surface area contributed by atoms with Gasteiger partial charge in [0.25, 0.3) is 0 Å². The van der Waals surface area contributed by atoms with Crippen LogP contribution in [0.1, 0.15) is 23.1 Å². The van der Waals surface area contributed by atoms with Crippen LogP contribution in [-0.4, -0.2) is 21.0 Å². The molecule has 1 atom stereocenters. The van der Waals surface area contributed by atoms with Crippen molar-refractivity contribution in [3.05, 3.63) is 65.8 Å². The van der Waals surface area contributed by atoms with Gasteiger partial charge >= 0.3 is 12.1 Å². The third kappa shape index (κ3) is 3.88. The molecule has 1 unspecified atom stereocenters. The number of aromatic nitrogens is 3. The van der Waals surface area contributed by atoms with Crippen molar-refractivity contribution < 1.29 is 22.5 Å². The van der Waals surface area contributed by atoms with Crippen LogP contribution in [0.15, 0.2) is 53.2 Å². The summed E-state index contributed by atoms with van der Waals surface area (Å²) >= 11 is 0. The van der Waals surface area contributed by atoms with Crippen molar-refractivity contribution in [2.45, 2.75) is 18.5 Å². The van der Waals surface area contributed by atoms with Crippen molar-refractivity contribution in [1.82, 2.24) is 15.1 Å². The maximum Gasteiger partial charge on any atom is 0.471 e. The second-order valence-electron chi connectivity index (χ2n) is 5.52. The molecule has 1 aromatic carbocycles. The Balaban J connectivity index is 1.83. The summed E-state index contributed by atoms with van der Waals surface area (Å²) in [5, 5.41) is 3.32. The van der Waals surface area contributed by atoms with Gasteiger partial charge in [-0.1, -0.05) is 35.5 Å². The van der Waals surface area contributed by atoms with Crippen LogP contribution in [0.4, 0.5) is 13.2 Å². The van der Waals surface area contributed by atoms with Crippen LogP contribution in [0.3, 0.4) is 0 Å². The van der Waals surface area contributed by atoms with E-state index < -0.39 is 23.9 Å². The zero-order valence-electron chi connectivity index (χ0n) is 13.3. The van der Waals surface area contributed by atoms with Gasteiger partial charge in [-0.3, -0.25) is 9.78 Å². The molecule has 2 aromatic heterocycles. The zero-order chi connectivity index (χ0) is 18.7. The fourth-order valence-corrected chi connectivity index (χ4v) is 2.43. The van der Waals surface area contributed by atoms with E-state index in [0.717, 1.165) is 0 Å². The van der Waals surface area contributed by atoms with Gasteiger partial charge in [0, 0.05) is 23.9 Å². The number of pyridine rings is 1. The number of carbonyl (C=O) groups is 1. The van der Waals surface area contributed by atoms with Gasteiger partial charge in [0.1, 0.15) is 0 Å². The predicted molar refractivity (Wildman–Crippen MR) is 84.6 cm³/mol. The van der Waals surface area contributed by atoms with Crippen LogP contribution in [0, 0.1) is 0 Å². The van der Waals surface area contributed by atoms with Crippen molar-refractivity contribution in [1.29, 1.82) is 0 Å². The number of primary amides is 1. The second-order valence-corrected chi connectivity index (χ2v) is 5.52.